The molecular weight excluding hydrogens is 481 g/mol. The van der Waals surface area contributed by atoms with Gasteiger partial charge in [0, 0.05) is 19.3 Å². The molecule has 0 bridgehead atoms. The molecule has 0 saturated carbocycles. The maximum Gasteiger partial charge on any atom is 0.397 e. The highest BCUT2D eigenvalue weighted by Crippen LogP contribution is 2.37. The van der Waals surface area contributed by atoms with E-state index in [1.165, 1.54) is 29.1 Å². The van der Waals surface area contributed by atoms with E-state index in [2.05, 4.69) is 19.9 Å². The van der Waals surface area contributed by atoms with E-state index in [0.29, 0.717) is 0 Å². The van der Waals surface area contributed by atoms with Crippen LogP contribution in [-0.2, 0) is 7.05 Å². The van der Waals surface area contributed by atoms with Crippen molar-refractivity contribution in [3.63, 3.8) is 0 Å². The number of halogens is 4. The lowest BCUT2D eigenvalue weighted by atomic mass is 9.94. The number of amides is 1. The number of carbonyl (C=O) groups excluding carboxylic acids is 1. The first kappa shape index (κ1) is 24.9. The molecule has 0 aliphatic carbocycles. The molecule has 0 fully saturated rings. The molecular formula is C20H22ClF3N6O2S. The first-order chi connectivity index (χ1) is 15.3. The number of aryl methyl sites for hydroxylation is 2. The molecule has 3 rings (SSSR count). The Morgan fingerprint density at radius 3 is 2.48 bits per heavy atom. The Balaban J connectivity index is 1.67. The van der Waals surface area contributed by atoms with Crippen LogP contribution in [0.5, 0.6) is 5.88 Å². The molecule has 0 atom stereocenters. The van der Waals surface area contributed by atoms with E-state index in [-0.39, 0.29) is 22.4 Å². The van der Waals surface area contributed by atoms with Gasteiger partial charge in [-0.15, -0.1) is 5.10 Å². The van der Waals surface area contributed by atoms with Crippen molar-refractivity contribution in [2.45, 2.75) is 38.8 Å². The quantitative estimate of drug-likeness (QED) is 0.373. The molecule has 0 spiro atoms. The van der Waals surface area contributed by atoms with Crippen molar-refractivity contribution in [1.82, 2.24) is 29.3 Å². The SMILES string of the molecule is Cc1nn(C)c(C)c1SNC(=O)c1ccc(-n2ccc(OCC(C)(C)C(F)(F)F)n2)nc1Cl. The maximum atomic E-state index is 13.0. The number of ether oxygens (including phenoxy) is 1. The van der Waals surface area contributed by atoms with Gasteiger partial charge in [-0.1, -0.05) is 11.6 Å². The van der Waals surface area contributed by atoms with Crippen molar-refractivity contribution < 1.29 is 22.7 Å². The Kier molecular flexibility index (Phi) is 6.99. The van der Waals surface area contributed by atoms with Gasteiger partial charge in [-0.25, -0.2) is 9.67 Å². The van der Waals surface area contributed by atoms with Gasteiger partial charge >= 0.3 is 6.18 Å². The highest BCUT2D eigenvalue weighted by Gasteiger charge is 2.48. The number of hydrogen-bond acceptors (Lipinski definition) is 6. The van der Waals surface area contributed by atoms with Crippen LogP contribution in [0.25, 0.3) is 5.82 Å². The fourth-order valence-electron chi connectivity index (χ4n) is 2.62. The summed E-state index contributed by atoms with van der Waals surface area (Å²) in [6, 6.07) is 4.42. The largest absolute Gasteiger partial charge is 0.476 e. The number of alkyl halides is 3. The van der Waals surface area contributed by atoms with E-state index in [0.717, 1.165) is 42.1 Å². The molecule has 0 saturated heterocycles. The summed E-state index contributed by atoms with van der Waals surface area (Å²) >= 11 is 7.34. The van der Waals surface area contributed by atoms with E-state index >= 15 is 0 Å². The van der Waals surface area contributed by atoms with Crippen molar-refractivity contribution in [2.24, 2.45) is 12.5 Å². The summed E-state index contributed by atoms with van der Waals surface area (Å²) in [4.78, 5) is 17.6. The summed E-state index contributed by atoms with van der Waals surface area (Å²) in [7, 11) is 1.82. The molecule has 3 aromatic heterocycles. The Morgan fingerprint density at radius 1 is 1.21 bits per heavy atom. The number of nitrogens with zero attached hydrogens (tertiary/aromatic N) is 5. The highest BCUT2D eigenvalue weighted by molar-refractivity contribution is 7.98. The first-order valence-corrected chi connectivity index (χ1v) is 10.9. The van der Waals surface area contributed by atoms with Gasteiger partial charge in [0.1, 0.15) is 11.8 Å². The zero-order valence-electron chi connectivity index (χ0n) is 18.5. The third-order valence-corrected chi connectivity index (χ3v) is 6.29. The van der Waals surface area contributed by atoms with Gasteiger partial charge in [0.05, 0.1) is 27.3 Å². The minimum atomic E-state index is -4.41. The minimum Gasteiger partial charge on any atom is -0.476 e. The molecule has 13 heteroatoms. The van der Waals surface area contributed by atoms with Crippen LogP contribution in [0.2, 0.25) is 5.15 Å². The molecule has 0 aliphatic heterocycles. The molecule has 1 N–H and O–H groups in total. The topological polar surface area (TPSA) is 86.9 Å². The van der Waals surface area contributed by atoms with Gasteiger partial charge in [-0.2, -0.15) is 18.3 Å². The maximum absolute atomic E-state index is 13.0. The van der Waals surface area contributed by atoms with E-state index in [4.69, 9.17) is 16.3 Å². The Bertz CT molecular complexity index is 1180. The van der Waals surface area contributed by atoms with Crippen LogP contribution < -0.4 is 9.46 Å². The van der Waals surface area contributed by atoms with Crippen molar-refractivity contribution in [3.05, 3.63) is 46.5 Å². The second kappa shape index (κ2) is 9.26. The molecule has 3 aromatic rings. The second-order valence-corrected chi connectivity index (χ2v) is 9.11. The van der Waals surface area contributed by atoms with Crippen molar-refractivity contribution in [1.29, 1.82) is 0 Å². The molecule has 33 heavy (non-hydrogen) atoms. The fourth-order valence-corrected chi connectivity index (χ4v) is 3.63. The van der Waals surface area contributed by atoms with Crippen LogP contribution >= 0.6 is 23.5 Å². The molecule has 1 amide bonds. The lowest BCUT2D eigenvalue weighted by molar-refractivity contribution is -0.219. The van der Waals surface area contributed by atoms with Crippen LogP contribution in [-0.4, -0.2) is 43.2 Å². The summed E-state index contributed by atoms with van der Waals surface area (Å²) in [5.74, 6) is -0.163. The van der Waals surface area contributed by atoms with Crippen molar-refractivity contribution >= 4 is 29.5 Å². The molecule has 0 aromatic carbocycles. The first-order valence-electron chi connectivity index (χ1n) is 9.69. The normalized spacial score (nSPS) is 12.2. The van der Waals surface area contributed by atoms with Gasteiger partial charge in [0.2, 0.25) is 5.88 Å². The Labute approximate surface area is 197 Å². The lowest BCUT2D eigenvalue weighted by Gasteiger charge is -2.26. The van der Waals surface area contributed by atoms with Crippen molar-refractivity contribution in [2.75, 3.05) is 6.61 Å². The van der Waals surface area contributed by atoms with Crippen LogP contribution in [0.1, 0.15) is 35.6 Å². The molecule has 8 nitrogen and oxygen atoms in total. The summed E-state index contributed by atoms with van der Waals surface area (Å²) in [5, 5.41) is 8.31. The minimum absolute atomic E-state index is 0.00526. The third kappa shape index (κ3) is 5.44. The number of hydrogen-bond donors (Lipinski definition) is 1. The average Bonchev–Trinajstić information content (AvgIpc) is 3.29. The van der Waals surface area contributed by atoms with E-state index in [1.54, 1.807) is 4.68 Å². The number of aromatic nitrogens is 5. The number of nitrogens with one attached hydrogen (secondary N) is 1. The highest BCUT2D eigenvalue weighted by atomic mass is 35.5. The van der Waals surface area contributed by atoms with Crippen LogP contribution in [0.3, 0.4) is 0 Å². The average molecular weight is 503 g/mol. The standard InChI is InChI=1S/C20H22ClF3N6O2S/c1-11-16(12(2)29(5)26-11)33-28-18(31)13-6-7-14(25-17(13)21)30-9-8-15(27-30)32-10-19(3,4)20(22,23)24/h6-9H,10H2,1-5H3,(H,28,31). The van der Waals surface area contributed by atoms with Gasteiger partial charge in [0.25, 0.3) is 5.91 Å². The summed E-state index contributed by atoms with van der Waals surface area (Å²) in [6.07, 6.45) is -2.94. The predicted molar refractivity (Wildman–Crippen MR) is 118 cm³/mol. The molecule has 0 aliphatic rings. The molecule has 3 heterocycles. The van der Waals surface area contributed by atoms with Gasteiger partial charge in [-0.05, 0) is 51.8 Å². The second-order valence-electron chi connectivity index (χ2n) is 7.93. The third-order valence-electron chi connectivity index (χ3n) is 4.91. The summed E-state index contributed by atoms with van der Waals surface area (Å²) < 4.78 is 49.9. The van der Waals surface area contributed by atoms with Crippen LogP contribution in [0.4, 0.5) is 13.2 Å². The molecule has 178 valence electrons. The summed E-state index contributed by atoms with van der Waals surface area (Å²) in [5.41, 5.74) is -0.177. The van der Waals surface area contributed by atoms with E-state index in [1.807, 2.05) is 20.9 Å². The van der Waals surface area contributed by atoms with E-state index < -0.39 is 24.1 Å². The molecule has 0 unspecified atom stereocenters. The number of rotatable bonds is 7. The fraction of sp³-hybridized carbons (Fsp3) is 0.400. The zero-order chi connectivity index (χ0) is 24.6. The Morgan fingerprint density at radius 2 is 1.91 bits per heavy atom. The van der Waals surface area contributed by atoms with Crippen molar-refractivity contribution in [3.8, 4) is 11.7 Å². The number of carbonyl (C=O) groups is 1. The summed E-state index contributed by atoms with van der Waals surface area (Å²) in [6.45, 7) is 5.24. The van der Waals surface area contributed by atoms with E-state index in [9.17, 15) is 18.0 Å². The zero-order valence-corrected chi connectivity index (χ0v) is 20.1. The lowest BCUT2D eigenvalue weighted by Crippen LogP contribution is -2.37. The monoisotopic (exact) mass is 502 g/mol. The number of pyridine rings is 1. The van der Waals surface area contributed by atoms with Crippen LogP contribution in [0, 0.1) is 19.3 Å². The van der Waals surface area contributed by atoms with Gasteiger partial charge in [-0.3, -0.25) is 14.2 Å². The predicted octanol–water partition coefficient (Wildman–Crippen LogP) is 4.68. The van der Waals surface area contributed by atoms with Gasteiger partial charge < -0.3 is 4.74 Å². The smallest absolute Gasteiger partial charge is 0.397 e. The van der Waals surface area contributed by atoms with Gasteiger partial charge in [0.15, 0.2) is 5.82 Å². The Hall–Kier alpha value is -2.73. The van der Waals surface area contributed by atoms with Crippen LogP contribution in [0.15, 0.2) is 29.3 Å². The molecule has 0 radical (unpaired) electrons.